The number of hydrogen-bond acceptors (Lipinski definition) is 6. The van der Waals surface area contributed by atoms with Crippen LogP contribution in [0.1, 0.15) is 48.4 Å². The third kappa shape index (κ3) is 3.45. The van der Waals surface area contributed by atoms with Gasteiger partial charge in [-0.1, -0.05) is 13.8 Å². The fourth-order valence-corrected chi connectivity index (χ4v) is 2.56. The number of nitrogens with zero attached hydrogens (tertiary/aromatic N) is 3. The van der Waals surface area contributed by atoms with Gasteiger partial charge in [-0.15, -0.1) is 11.3 Å². The van der Waals surface area contributed by atoms with Crippen LogP contribution in [0.25, 0.3) is 0 Å². The van der Waals surface area contributed by atoms with E-state index in [4.69, 9.17) is 0 Å². The Kier molecular flexibility index (Phi) is 4.54. The first-order valence-corrected chi connectivity index (χ1v) is 7.57. The molecule has 6 heteroatoms. The molecule has 2 rings (SSSR count). The molecule has 0 spiro atoms. The highest BCUT2D eigenvalue weighted by Crippen LogP contribution is 2.24. The molecule has 2 aromatic heterocycles. The Hall–Kier alpha value is -1.69. The Bertz CT molecular complexity index is 579. The van der Waals surface area contributed by atoms with Crippen LogP contribution in [0.2, 0.25) is 0 Å². The smallest absolute Gasteiger partial charge is 0.135 e. The van der Waals surface area contributed by atoms with E-state index in [2.05, 4.69) is 53.3 Å². The molecular weight excluding hydrogens is 270 g/mol. The van der Waals surface area contributed by atoms with Crippen molar-refractivity contribution in [2.75, 3.05) is 17.7 Å². The van der Waals surface area contributed by atoms with Gasteiger partial charge in [-0.05, 0) is 13.8 Å². The van der Waals surface area contributed by atoms with Gasteiger partial charge in [0.15, 0.2) is 0 Å². The van der Waals surface area contributed by atoms with Gasteiger partial charge in [0.05, 0.1) is 6.04 Å². The molecule has 0 saturated heterocycles. The first-order chi connectivity index (χ1) is 9.49. The Morgan fingerprint density at radius 2 is 1.85 bits per heavy atom. The average Bonchev–Trinajstić information content (AvgIpc) is 2.85. The molecule has 5 nitrogen and oxygen atoms in total. The number of thiazole rings is 1. The maximum atomic E-state index is 4.57. The summed E-state index contributed by atoms with van der Waals surface area (Å²) in [6.07, 6.45) is 1.90. The Balaban J connectivity index is 2.21. The molecule has 108 valence electrons. The quantitative estimate of drug-likeness (QED) is 0.881. The third-order valence-corrected chi connectivity index (χ3v) is 3.99. The summed E-state index contributed by atoms with van der Waals surface area (Å²) < 4.78 is 0. The SMILES string of the molecule is CNc1cc(NC(C)c2ncc(C)s2)nc(C(C)C)n1. The minimum atomic E-state index is 0.133. The van der Waals surface area contributed by atoms with Gasteiger partial charge in [-0.25, -0.2) is 15.0 Å². The van der Waals surface area contributed by atoms with Crippen LogP contribution in [0.15, 0.2) is 12.3 Å². The Morgan fingerprint density at radius 1 is 1.15 bits per heavy atom. The molecule has 0 saturated carbocycles. The Labute approximate surface area is 123 Å². The van der Waals surface area contributed by atoms with Crippen molar-refractivity contribution in [3.8, 4) is 0 Å². The normalized spacial score (nSPS) is 12.5. The first kappa shape index (κ1) is 14.7. The van der Waals surface area contributed by atoms with Crippen LogP contribution in [-0.2, 0) is 0 Å². The molecule has 20 heavy (non-hydrogen) atoms. The van der Waals surface area contributed by atoms with Crippen molar-refractivity contribution in [1.29, 1.82) is 0 Å². The fraction of sp³-hybridized carbons (Fsp3) is 0.500. The molecule has 0 aromatic carbocycles. The van der Waals surface area contributed by atoms with E-state index < -0.39 is 0 Å². The summed E-state index contributed by atoms with van der Waals surface area (Å²) >= 11 is 1.70. The van der Waals surface area contributed by atoms with Crippen molar-refractivity contribution in [2.24, 2.45) is 0 Å². The third-order valence-electron chi connectivity index (χ3n) is 2.89. The van der Waals surface area contributed by atoms with Crippen molar-refractivity contribution >= 4 is 23.0 Å². The molecule has 0 fully saturated rings. The minimum absolute atomic E-state index is 0.133. The molecule has 2 N–H and O–H groups in total. The molecular formula is C14H21N5S. The van der Waals surface area contributed by atoms with Gasteiger partial charge < -0.3 is 10.6 Å². The van der Waals surface area contributed by atoms with Crippen LogP contribution < -0.4 is 10.6 Å². The lowest BCUT2D eigenvalue weighted by atomic mass is 10.2. The van der Waals surface area contributed by atoms with Gasteiger partial charge >= 0.3 is 0 Å². The van der Waals surface area contributed by atoms with Gasteiger partial charge in [0.1, 0.15) is 22.5 Å². The maximum absolute atomic E-state index is 4.57. The maximum Gasteiger partial charge on any atom is 0.135 e. The van der Waals surface area contributed by atoms with Gasteiger partial charge in [-0.2, -0.15) is 0 Å². The second-order valence-corrected chi connectivity index (χ2v) is 6.34. The summed E-state index contributed by atoms with van der Waals surface area (Å²) in [6.45, 7) is 8.33. The zero-order chi connectivity index (χ0) is 14.7. The van der Waals surface area contributed by atoms with Gasteiger partial charge in [-0.3, -0.25) is 0 Å². The zero-order valence-corrected chi connectivity index (χ0v) is 13.4. The standard InChI is InChI=1S/C14H21N5S/c1-8(2)13-18-11(15-5)6-12(19-13)17-10(4)14-16-7-9(3)20-14/h6-8,10H,1-5H3,(H2,15,17,18,19). The number of anilines is 2. The van der Waals surface area contributed by atoms with Crippen LogP contribution >= 0.6 is 11.3 Å². The highest BCUT2D eigenvalue weighted by atomic mass is 32.1. The topological polar surface area (TPSA) is 62.7 Å². The van der Waals surface area contributed by atoms with E-state index in [0.717, 1.165) is 22.5 Å². The van der Waals surface area contributed by atoms with Crippen LogP contribution in [0.3, 0.4) is 0 Å². The molecule has 2 heterocycles. The minimum Gasteiger partial charge on any atom is -0.373 e. The van der Waals surface area contributed by atoms with E-state index in [9.17, 15) is 0 Å². The molecule has 0 bridgehead atoms. The monoisotopic (exact) mass is 291 g/mol. The summed E-state index contributed by atoms with van der Waals surface area (Å²) in [5.41, 5.74) is 0. The van der Waals surface area contributed by atoms with E-state index in [1.54, 1.807) is 11.3 Å². The highest BCUT2D eigenvalue weighted by molar-refractivity contribution is 7.11. The van der Waals surface area contributed by atoms with E-state index in [0.29, 0.717) is 5.92 Å². The second-order valence-electron chi connectivity index (χ2n) is 5.08. The van der Waals surface area contributed by atoms with Crippen LogP contribution in [0.5, 0.6) is 0 Å². The summed E-state index contributed by atoms with van der Waals surface area (Å²) in [7, 11) is 1.86. The molecule has 1 unspecified atom stereocenters. The summed E-state index contributed by atoms with van der Waals surface area (Å²) in [6, 6.07) is 2.05. The molecule has 0 aliphatic heterocycles. The second kappa shape index (κ2) is 6.17. The molecule has 0 radical (unpaired) electrons. The summed E-state index contributed by atoms with van der Waals surface area (Å²) in [4.78, 5) is 14.7. The van der Waals surface area contributed by atoms with Crippen molar-refractivity contribution < 1.29 is 0 Å². The molecule has 2 aromatic rings. The number of rotatable bonds is 5. The number of nitrogens with one attached hydrogen (secondary N) is 2. The van der Waals surface area contributed by atoms with Crippen LogP contribution in [-0.4, -0.2) is 22.0 Å². The number of aryl methyl sites for hydroxylation is 1. The predicted molar refractivity (Wildman–Crippen MR) is 84.6 cm³/mol. The largest absolute Gasteiger partial charge is 0.373 e. The summed E-state index contributed by atoms with van der Waals surface area (Å²) in [5, 5.41) is 7.54. The zero-order valence-electron chi connectivity index (χ0n) is 12.6. The first-order valence-electron chi connectivity index (χ1n) is 6.75. The van der Waals surface area contributed by atoms with E-state index in [1.165, 1.54) is 4.88 Å². The van der Waals surface area contributed by atoms with Crippen molar-refractivity contribution in [1.82, 2.24) is 15.0 Å². The van der Waals surface area contributed by atoms with Gasteiger partial charge in [0.2, 0.25) is 0 Å². The van der Waals surface area contributed by atoms with Crippen molar-refractivity contribution in [2.45, 2.75) is 39.7 Å². The molecule has 0 amide bonds. The summed E-state index contributed by atoms with van der Waals surface area (Å²) in [5.74, 6) is 2.78. The van der Waals surface area contributed by atoms with E-state index in [-0.39, 0.29) is 6.04 Å². The molecule has 0 aliphatic carbocycles. The Morgan fingerprint density at radius 3 is 2.40 bits per heavy atom. The van der Waals surface area contributed by atoms with E-state index >= 15 is 0 Å². The van der Waals surface area contributed by atoms with Crippen LogP contribution in [0, 0.1) is 6.92 Å². The lowest BCUT2D eigenvalue weighted by molar-refractivity contribution is 0.769. The van der Waals surface area contributed by atoms with Gasteiger partial charge in [0.25, 0.3) is 0 Å². The van der Waals surface area contributed by atoms with E-state index in [1.807, 2.05) is 19.3 Å². The van der Waals surface area contributed by atoms with Crippen LogP contribution in [0.4, 0.5) is 11.6 Å². The lowest BCUT2D eigenvalue weighted by Gasteiger charge is -2.15. The number of aromatic nitrogens is 3. The highest BCUT2D eigenvalue weighted by Gasteiger charge is 2.12. The predicted octanol–water partition coefficient (Wildman–Crippen LogP) is 3.58. The average molecular weight is 291 g/mol. The van der Waals surface area contributed by atoms with Gasteiger partial charge in [0, 0.05) is 30.1 Å². The lowest BCUT2D eigenvalue weighted by Crippen LogP contribution is -2.11. The molecule has 0 aliphatic rings. The van der Waals surface area contributed by atoms with Crippen molar-refractivity contribution in [3.63, 3.8) is 0 Å². The molecule has 1 atom stereocenters. The van der Waals surface area contributed by atoms with Crippen molar-refractivity contribution in [3.05, 3.63) is 28.0 Å². The fourth-order valence-electron chi connectivity index (χ4n) is 1.78. The number of hydrogen-bond donors (Lipinski definition) is 2.